The van der Waals surface area contributed by atoms with Gasteiger partial charge in [0.2, 0.25) is 0 Å². The SMILES string of the molecule is CCc1ccc(-c2ccc(C3=CCC(CC4CCC4)S3)c(F)c2F)cc1. The summed E-state index contributed by atoms with van der Waals surface area (Å²) in [5.41, 5.74) is 2.67. The van der Waals surface area contributed by atoms with Crippen molar-refractivity contribution in [3.05, 3.63) is 65.2 Å². The maximum atomic E-state index is 14.8. The number of hydrogen-bond donors (Lipinski definition) is 0. The van der Waals surface area contributed by atoms with Crippen LogP contribution in [0.15, 0.2) is 42.5 Å². The summed E-state index contributed by atoms with van der Waals surface area (Å²) < 4.78 is 29.5. The van der Waals surface area contributed by atoms with Crippen molar-refractivity contribution in [2.45, 2.75) is 50.7 Å². The van der Waals surface area contributed by atoms with E-state index in [2.05, 4.69) is 13.0 Å². The quantitative estimate of drug-likeness (QED) is 0.535. The molecule has 0 aromatic heterocycles. The summed E-state index contributed by atoms with van der Waals surface area (Å²) in [6, 6.07) is 11.1. The van der Waals surface area contributed by atoms with Crippen LogP contribution in [0.5, 0.6) is 0 Å². The maximum absolute atomic E-state index is 14.8. The van der Waals surface area contributed by atoms with E-state index in [1.165, 1.54) is 31.2 Å². The van der Waals surface area contributed by atoms with Crippen molar-refractivity contribution in [2.24, 2.45) is 5.92 Å². The number of hydrogen-bond acceptors (Lipinski definition) is 1. The molecule has 1 heterocycles. The van der Waals surface area contributed by atoms with Crippen molar-refractivity contribution in [3.8, 4) is 11.1 Å². The first kappa shape index (κ1) is 17.8. The Morgan fingerprint density at radius 1 is 0.962 bits per heavy atom. The van der Waals surface area contributed by atoms with Crippen molar-refractivity contribution in [1.82, 2.24) is 0 Å². The molecule has 26 heavy (non-hydrogen) atoms. The van der Waals surface area contributed by atoms with Gasteiger partial charge < -0.3 is 0 Å². The van der Waals surface area contributed by atoms with Gasteiger partial charge in [-0.3, -0.25) is 0 Å². The zero-order valence-electron chi connectivity index (χ0n) is 15.1. The lowest BCUT2D eigenvalue weighted by Gasteiger charge is -2.27. The third-order valence-corrected chi connectivity index (χ3v) is 7.06. The molecule has 0 nitrogen and oxygen atoms in total. The highest BCUT2D eigenvalue weighted by Gasteiger charge is 2.27. The Morgan fingerprint density at radius 2 is 1.65 bits per heavy atom. The molecule has 1 aliphatic carbocycles. The van der Waals surface area contributed by atoms with Crippen molar-refractivity contribution in [2.75, 3.05) is 0 Å². The van der Waals surface area contributed by atoms with E-state index in [4.69, 9.17) is 0 Å². The molecule has 1 atom stereocenters. The summed E-state index contributed by atoms with van der Waals surface area (Å²) in [4.78, 5) is 0.901. The summed E-state index contributed by atoms with van der Waals surface area (Å²) >= 11 is 1.73. The van der Waals surface area contributed by atoms with Gasteiger partial charge in [-0.25, -0.2) is 8.78 Å². The lowest BCUT2D eigenvalue weighted by atomic mass is 9.82. The largest absolute Gasteiger partial charge is 0.203 e. The monoisotopic (exact) mass is 370 g/mol. The Balaban J connectivity index is 1.54. The van der Waals surface area contributed by atoms with E-state index in [1.54, 1.807) is 23.9 Å². The van der Waals surface area contributed by atoms with E-state index in [0.29, 0.717) is 16.4 Å². The standard InChI is InChI=1S/C23H24F2S/c1-2-15-6-8-17(9-7-15)19-11-12-20(23(25)22(19)24)21-13-10-18(26-21)14-16-4-3-5-16/h6-9,11-13,16,18H,2-5,10,14H2,1H3. The van der Waals surface area contributed by atoms with Crippen LogP contribution in [0.3, 0.4) is 0 Å². The van der Waals surface area contributed by atoms with Crippen molar-refractivity contribution in [3.63, 3.8) is 0 Å². The zero-order chi connectivity index (χ0) is 18.1. The molecule has 0 spiro atoms. The van der Waals surface area contributed by atoms with Crippen molar-refractivity contribution < 1.29 is 8.78 Å². The third kappa shape index (κ3) is 3.46. The fraction of sp³-hybridized carbons (Fsp3) is 0.391. The lowest BCUT2D eigenvalue weighted by molar-refractivity contribution is 0.294. The summed E-state index contributed by atoms with van der Waals surface area (Å²) in [5, 5.41) is 0.527. The van der Waals surface area contributed by atoms with E-state index < -0.39 is 11.6 Å². The van der Waals surface area contributed by atoms with Crippen LogP contribution in [0.25, 0.3) is 16.0 Å². The normalized spacial score (nSPS) is 20.1. The van der Waals surface area contributed by atoms with Gasteiger partial charge in [0, 0.05) is 21.3 Å². The van der Waals surface area contributed by atoms with Gasteiger partial charge in [-0.05, 0) is 36.3 Å². The number of allylic oxidation sites excluding steroid dienone is 1. The highest BCUT2D eigenvalue weighted by Crippen LogP contribution is 2.45. The van der Waals surface area contributed by atoms with Gasteiger partial charge in [0.1, 0.15) is 0 Å². The average molecular weight is 371 g/mol. The molecule has 3 heteroatoms. The minimum absolute atomic E-state index is 0.337. The predicted octanol–water partition coefficient (Wildman–Crippen LogP) is 7.23. The number of aryl methyl sites for hydroxylation is 1. The minimum atomic E-state index is -0.740. The predicted molar refractivity (Wildman–Crippen MR) is 107 cm³/mol. The number of thioether (sulfide) groups is 1. The van der Waals surface area contributed by atoms with Gasteiger partial charge in [-0.1, -0.05) is 68.7 Å². The zero-order valence-corrected chi connectivity index (χ0v) is 15.9. The first-order valence-corrected chi connectivity index (χ1v) is 10.5. The second-order valence-corrected chi connectivity index (χ2v) is 8.76. The van der Waals surface area contributed by atoms with E-state index >= 15 is 0 Å². The average Bonchev–Trinajstić information content (AvgIpc) is 3.09. The summed E-state index contributed by atoms with van der Waals surface area (Å²) in [6.45, 7) is 2.08. The highest BCUT2D eigenvalue weighted by atomic mass is 32.2. The molecular weight excluding hydrogens is 346 g/mol. The van der Waals surface area contributed by atoms with E-state index in [-0.39, 0.29) is 0 Å². The van der Waals surface area contributed by atoms with Gasteiger partial charge in [0.05, 0.1) is 0 Å². The molecule has 0 N–H and O–H groups in total. The number of rotatable bonds is 5. The van der Waals surface area contributed by atoms with Crippen LogP contribution in [0.1, 0.15) is 50.2 Å². The summed E-state index contributed by atoms with van der Waals surface area (Å²) in [6.07, 6.45) is 9.21. The summed E-state index contributed by atoms with van der Waals surface area (Å²) in [7, 11) is 0. The van der Waals surface area contributed by atoms with Crippen LogP contribution in [-0.4, -0.2) is 5.25 Å². The van der Waals surface area contributed by atoms with Gasteiger partial charge in [-0.2, -0.15) is 0 Å². The van der Waals surface area contributed by atoms with Crippen molar-refractivity contribution in [1.29, 1.82) is 0 Å². The molecule has 0 saturated heterocycles. The van der Waals surface area contributed by atoms with E-state index in [0.717, 1.165) is 29.2 Å². The van der Waals surface area contributed by atoms with Crippen LogP contribution >= 0.6 is 11.8 Å². The van der Waals surface area contributed by atoms with Gasteiger partial charge in [0.25, 0.3) is 0 Å². The first-order valence-electron chi connectivity index (χ1n) is 9.60. The van der Waals surface area contributed by atoms with Gasteiger partial charge >= 0.3 is 0 Å². The second-order valence-electron chi connectivity index (χ2n) is 7.42. The molecular formula is C23H24F2S. The minimum Gasteiger partial charge on any atom is -0.203 e. The Hall–Kier alpha value is -1.61. The molecule has 1 aliphatic heterocycles. The van der Waals surface area contributed by atoms with Gasteiger partial charge in [-0.15, -0.1) is 11.8 Å². The van der Waals surface area contributed by atoms with Crippen LogP contribution < -0.4 is 0 Å². The molecule has 0 amide bonds. The molecule has 4 rings (SSSR count). The van der Waals surface area contributed by atoms with E-state index in [1.807, 2.05) is 24.3 Å². The van der Waals surface area contributed by atoms with E-state index in [9.17, 15) is 8.78 Å². The maximum Gasteiger partial charge on any atom is 0.167 e. The fourth-order valence-electron chi connectivity index (χ4n) is 3.82. The molecule has 0 bridgehead atoms. The smallest absolute Gasteiger partial charge is 0.167 e. The number of halogens is 2. The molecule has 136 valence electrons. The van der Waals surface area contributed by atoms with Crippen LogP contribution in [0, 0.1) is 17.6 Å². The number of benzene rings is 2. The molecule has 1 saturated carbocycles. The molecule has 2 aliphatic rings. The van der Waals surface area contributed by atoms with Crippen molar-refractivity contribution >= 4 is 16.7 Å². The second kappa shape index (κ2) is 7.56. The Kier molecular flexibility index (Phi) is 5.17. The lowest BCUT2D eigenvalue weighted by Crippen LogP contribution is -2.15. The van der Waals surface area contributed by atoms with Crippen LogP contribution in [0.4, 0.5) is 8.78 Å². The Morgan fingerprint density at radius 3 is 2.31 bits per heavy atom. The van der Waals surface area contributed by atoms with Crippen LogP contribution in [0.2, 0.25) is 0 Å². The molecule has 2 aromatic carbocycles. The third-order valence-electron chi connectivity index (χ3n) is 5.70. The topological polar surface area (TPSA) is 0 Å². The van der Waals surface area contributed by atoms with Crippen LogP contribution in [-0.2, 0) is 6.42 Å². The molecule has 1 fully saturated rings. The first-order chi connectivity index (χ1) is 12.7. The molecule has 2 aromatic rings. The summed E-state index contributed by atoms with van der Waals surface area (Å²) in [5.74, 6) is -0.615. The molecule has 0 radical (unpaired) electrons. The van der Waals surface area contributed by atoms with Gasteiger partial charge in [0.15, 0.2) is 11.6 Å². The highest BCUT2D eigenvalue weighted by molar-refractivity contribution is 8.09. The fourth-order valence-corrected chi connectivity index (χ4v) is 5.21. The Bertz CT molecular complexity index is 819. The Labute approximate surface area is 158 Å². The molecule has 1 unspecified atom stereocenters.